The zero-order valence-electron chi connectivity index (χ0n) is 13.2. The first kappa shape index (κ1) is 17.9. The number of likely N-dealkylation sites (N-methyl/N-ethyl adjacent to an activating group) is 1. The molecule has 0 heterocycles. The maximum atomic E-state index is 12.0. The molecular formula is C14H31N3O2S. The predicted octanol–water partition coefficient (Wildman–Crippen LogP) is 1.17. The number of nitrogens with one attached hydrogen (secondary N) is 2. The fraction of sp³-hybridized carbons (Fsp3) is 1.00. The molecule has 0 bridgehead atoms. The number of sulfonamides is 1. The average Bonchev–Trinajstić information content (AvgIpc) is 2.86. The van der Waals surface area contributed by atoms with Gasteiger partial charge in [0.1, 0.15) is 0 Å². The fourth-order valence-corrected chi connectivity index (χ4v) is 3.98. The molecule has 0 aromatic carbocycles. The van der Waals surface area contributed by atoms with Crippen LogP contribution in [0.2, 0.25) is 0 Å². The van der Waals surface area contributed by atoms with Gasteiger partial charge in [0.15, 0.2) is 0 Å². The molecule has 0 atom stereocenters. The molecule has 0 radical (unpaired) electrons. The summed E-state index contributed by atoms with van der Waals surface area (Å²) in [5.41, 5.74) is 0.0214. The van der Waals surface area contributed by atoms with Crippen molar-refractivity contribution in [3.05, 3.63) is 0 Å². The molecule has 0 saturated heterocycles. The topological polar surface area (TPSA) is 61.4 Å². The Balaban J connectivity index is 2.34. The van der Waals surface area contributed by atoms with Crippen LogP contribution in [0.5, 0.6) is 0 Å². The van der Waals surface area contributed by atoms with Crippen LogP contribution in [0.15, 0.2) is 0 Å². The molecule has 0 amide bonds. The van der Waals surface area contributed by atoms with Gasteiger partial charge in [0.25, 0.3) is 0 Å². The van der Waals surface area contributed by atoms with E-state index < -0.39 is 10.0 Å². The Kier molecular flexibility index (Phi) is 7.43. The van der Waals surface area contributed by atoms with E-state index in [4.69, 9.17) is 0 Å². The van der Waals surface area contributed by atoms with Crippen molar-refractivity contribution in [2.24, 2.45) is 0 Å². The van der Waals surface area contributed by atoms with Crippen molar-refractivity contribution in [3.63, 3.8) is 0 Å². The van der Waals surface area contributed by atoms with Crippen molar-refractivity contribution in [2.45, 2.75) is 51.0 Å². The SMILES string of the molecule is CCCNCCCS(=O)(=O)NCC1(N(C)C)CCCC1. The van der Waals surface area contributed by atoms with Gasteiger partial charge in [0.05, 0.1) is 5.75 Å². The molecule has 5 nitrogen and oxygen atoms in total. The highest BCUT2D eigenvalue weighted by Crippen LogP contribution is 2.33. The Morgan fingerprint density at radius 1 is 1.15 bits per heavy atom. The third-order valence-electron chi connectivity index (χ3n) is 4.30. The molecule has 20 heavy (non-hydrogen) atoms. The van der Waals surface area contributed by atoms with Gasteiger partial charge in [-0.25, -0.2) is 13.1 Å². The van der Waals surface area contributed by atoms with Gasteiger partial charge < -0.3 is 10.2 Å². The summed E-state index contributed by atoms with van der Waals surface area (Å²) in [4.78, 5) is 2.19. The lowest BCUT2D eigenvalue weighted by molar-refractivity contribution is 0.162. The maximum Gasteiger partial charge on any atom is 0.211 e. The van der Waals surface area contributed by atoms with E-state index in [0.29, 0.717) is 13.0 Å². The van der Waals surface area contributed by atoms with Crippen LogP contribution in [-0.4, -0.2) is 58.3 Å². The second-order valence-corrected chi connectivity index (χ2v) is 8.00. The van der Waals surface area contributed by atoms with Gasteiger partial charge in [-0.3, -0.25) is 0 Å². The zero-order valence-corrected chi connectivity index (χ0v) is 14.1. The van der Waals surface area contributed by atoms with E-state index in [-0.39, 0.29) is 11.3 Å². The molecule has 0 aromatic rings. The number of hydrogen-bond acceptors (Lipinski definition) is 4. The molecule has 120 valence electrons. The molecule has 0 aliphatic heterocycles. The average molecular weight is 305 g/mol. The van der Waals surface area contributed by atoms with Gasteiger partial charge >= 0.3 is 0 Å². The molecular weight excluding hydrogens is 274 g/mol. The fourth-order valence-electron chi connectivity index (χ4n) is 2.82. The molecule has 1 aliphatic rings. The molecule has 1 fully saturated rings. The summed E-state index contributed by atoms with van der Waals surface area (Å²) >= 11 is 0. The minimum atomic E-state index is -3.14. The van der Waals surface area contributed by atoms with Crippen molar-refractivity contribution >= 4 is 10.0 Å². The molecule has 0 spiro atoms. The lowest BCUT2D eigenvalue weighted by Gasteiger charge is -2.36. The minimum absolute atomic E-state index is 0.0214. The first-order chi connectivity index (χ1) is 9.42. The van der Waals surface area contributed by atoms with Crippen LogP contribution in [0.25, 0.3) is 0 Å². The third kappa shape index (κ3) is 5.68. The first-order valence-electron chi connectivity index (χ1n) is 7.77. The van der Waals surface area contributed by atoms with Crippen LogP contribution < -0.4 is 10.0 Å². The molecule has 1 saturated carbocycles. The summed E-state index contributed by atoms with van der Waals surface area (Å²) in [6.07, 6.45) is 6.31. The summed E-state index contributed by atoms with van der Waals surface area (Å²) in [5.74, 6) is 0.215. The summed E-state index contributed by atoms with van der Waals surface area (Å²) in [5, 5.41) is 3.23. The van der Waals surface area contributed by atoms with Gasteiger partial charge in [-0.1, -0.05) is 19.8 Å². The molecule has 0 unspecified atom stereocenters. The van der Waals surface area contributed by atoms with Gasteiger partial charge in [-0.05, 0) is 52.9 Å². The molecule has 2 N–H and O–H groups in total. The van der Waals surface area contributed by atoms with Crippen molar-refractivity contribution in [1.82, 2.24) is 14.9 Å². The van der Waals surface area contributed by atoms with Crippen LogP contribution in [0.4, 0.5) is 0 Å². The minimum Gasteiger partial charge on any atom is -0.317 e. The lowest BCUT2D eigenvalue weighted by atomic mass is 9.97. The molecule has 0 aromatic heterocycles. The van der Waals surface area contributed by atoms with Gasteiger partial charge in [0.2, 0.25) is 10.0 Å². The Morgan fingerprint density at radius 3 is 2.35 bits per heavy atom. The zero-order chi connectivity index (χ0) is 15.1. The van der Waals surface area contributed by atoms with Gasteiger partial charge in [-0.2, -0.15) is 0 Å². The summed E-state index contributed by atoms with van der Waals surface area (Å²) < 4.78 is 26.9. The van der Waals surface area contributed by atoms with Crippen LogP contribution in [0.3, 0.4) is 0 Å². The van der Waals surface area contributed by atoms with E-state index >= 15 is 0 Å². The maximum absolute atomic E-state index is 12.0. The first-order valence-corrected chi connectivity index (χ1v) is 9.42. The normalized spacial score (nSPS) is 18.8. The summed E-state index contributed by atoms with van der Waals surface area (Å²) in [6.45, 7) is 4.38. The van der Waals surface area contributed by atoms with E-state index in [2.05, 4.69) is 21.9 Å². The Hall–Kier alpha value is -0.170. The molecule has 6 heteroatoms. The van der Waals surface area contributed by atoms with Crippen molar-refractivity contribution in [3.8, 4) is 0 Å². The largest absolute Gasteiger partial charge is 0.317 e. The van der Waals surface area contributed by atoms with Gasteiger partial charge in [-0.15, -0.1) is 0 Å². The highest BCUT2D eigenvalue weighted by atomic mass is 32.2. The number of hydrogen-bond donors (Lipinski definition) is 2. The third-order valence-corrected chi connectivity index (χ3v) is 5.71. The Labute approximate surface area is 124 Å². The Bertz CT molecular complexity index is 363. The monoisotopic (exact) mass is 305 g/mol. The Morgan fingerprint density at radius 2 is 1.80 bits per heavy atom. The van der Waals surface area contributed by atoms with E-state index in [1.807, 2.05) is 14.1 Å². The highest BCUT2D eigenvalue weighted by molar-refractivity contribution is 7.89. The summed E-state index contributed by atoms with van der Waals surface area (Å²) in [7, 11) is 0.955. The van der Waals surface area contributed by atoms with Crippen LogP contribution >= 0.6 is 0 Å². The second kappa shape index (κ2) is 8.32. The van der Waals surface area contributed by atoms with Gasteiger partial charge in [0, 0.05) is 12.1 Å². The van der Waals surface area contributed by atoms with Crippen molar-refractivity contribution in [1.29, 1.82) is 0 Å². The predicted molar refractivity (Wildman–Crippen MR) is 84.5 cm³/mol. The van der Waals surface area contributed by atoms with Crippen LogP contribution in [-0.2, 0) is 10.0 Å². The lowest BCUT2D eigenvalue weighted by Crippen LogP contribution is -2.51. The van der Waals surface area contributed by atoms with Crippen LogP contribution in [0.1, 0.15) is 45.4 Å². The number of nitrogens with zero attached hydrogens (tertiary/aromatic N) is 1. The summed E-state index contributed by atoms with van der Waals surface area (Å²) in [6, 6.07) is 0. The second-order valence-electron chi connectivity index (χ2n) is 6.07. The van der Waals surface area contributed by atoms with E-state index in [0.717, 1.165) is 32.4 Å². The van der Waals surface area contributed by atoms with E-state index in [1.165, 1.54) is 12.8 Å². The standard InChI is InChI=1S/C14H31N3O2S/c1-4-10-15-11-7-12-20(18,19)16-13-14(17(2)3)8-5-6-9-14/h15-16H,4-13H2,1-3H3. The quantitative estimate of drug-likeness (QED) is 0.595. The molecule has 1 rings (SSSR count). The van der Waals surface area contributed by atoms with E-state index in [9.17, 15) is 8.42 Å². The smallest absolute Gasteiger partial charge is 0.211 e. The molecule has 1 aliphatic carbocycles. The van der Waals surface area contributed by atoms with Crippen molar-refractivity contribution < 1.29 is 8.42 Å². The van der Waals surface area contributed by atoms with Crippen molar-refractivity contribution in [2.75, 3.05) is 39.5 Å². The highest BCUT2D eigenvalue weighted by Gasteiger charge is 2.36. The number of rotatable bonds is 10. The van der Waals surface area contributed by atoms with Crippen LogP contribution in [0, 0.1) is 0 Å². The van der Waals surface area contributed by atoms with E-state index in [1.54, 1.807) is 0 Å².